The molecule has 0 saturated carbocycles. The Hall–Kier alpha value is -1.75. The van der Waals surface area contributed by atoms with Gasteiger partial charge in [0.05, 0.1) is 0 Å². The summed E-state index contributed by atoms with van der Waals surface area (Å²) in [6.45, 7) is 4.67. The molecular weight excluding hydrogens is 231 g/mol. The second kappa shape index (κ2) is 4.86. The van der Waals surface area contributed by atoms with E-state index in [-0.39, 0.29) is 5.82 Å². The zero-order chi connectivity index (χ0) is 13.2. The van der Waals surface area contributed by atoms with E-state index < -0.39 is 5.54 Å². The van der Waals surface area contributed by atoms with E-state index in [4.69, 9.17) is 5.73 Å². The molecule has 2 rings (SSSR count). The number of rotatable bonds is 4. The molecule has 18 heavy (non-hydrogen) atoms. The van der Waals surface area contributed by atoms with E-state index in [1.807, 2.05) is 18.5 Å². The van der Waals surface area contributed by atoms with E-state index in [2.05, 4.69) is 10.1 Å². The molecule has 0 aliphatic carbocycles. The molecule has 2 aromatic rings. The van der Waals surface area contributed by atoms with Gasteiger partial charge in [-0.1, -0.05) is 12.1 Å². The van der Waals surface area contributed by atoms with Crippen molar-refractivity contribution in [2.45, 2.75) is 32.4 Å². The number of nitrogens with two attached hydrogens (primary N) is 1. The molecule has 96 valence electrons. The summed E-state index contributed by atoms with van der Waals surface area (Å²) in [5.74, 6) is 0.582. The zero-order valence-corrected chi connectivity index (χ0v) is 10.6. The maximum Gasteiger partial charge on any atom is 0.138 e. The van der Waals surface area contributed by atoms with Crippen LogP contribution in [-0.4, -0.2) is 14.8 Å². The second-order valence-corrected chi connectivity index (χ2v) is 4.59. The van der Waals surface area contributed by atoms with Gasteiger partial charge in [-0.25, -0.2) is 9.37 Å². The summed E-state index contributed by atoms with van der Waals surface area (Å²) in [5, 5.41) is 4.12. The fourth-order valence-electron chi connectivity index (χ4n) is 1.95. The van der Waals surface area contributed by atoms with Crippen LogP contribution in [0.15, 0.2) is 30.6 Å². The lowest BCUT2D eigenvalue weighted by Gasteiger charge is -2.24. The number of hydrogen-bond donors (Lipinski definition) is 1. The van der Waals surface area contributed by atoms with Crippen molar-refractivity contribution in [1.29, 1.82) is 0 Å². The number of nitrogens with zero attached hydrogens (tertiary/aromatic N) is 3. The van der Waals surface area contributed by atoms with Crippen LogP contribution < -0.4 is 5.73 Å². The van der Waals surface area contributed by atoms with Crippen LogP contribution in [0, 0.1) is 5.82 Å². The topological polar surface area (TPSA) is 56.7 Å². The standard InChI is InChI=1S/C13H17FN4/c1-3-18-12(16-9-17-18)8-13(2,15)10-4-6-11(14)7-5-10/h4-7,9H,3,8,15H2,1-2H3. The van der Waals surface area contributed by atoms with Crippen LogP contribution in [0.25, 0.3) is 0 Å². The lowest BCUT2D eigenvalue weighted by atomic mass is 9.89. The first-order chi connectivity index (χ1) is 8.53. The molecule has 1 atom stereocenters. The van der Waals surface area contributed by atoms with Crippen LogP contribution in [0.5, 0.6) is 0 Å². The number of aryl methyl sites for hydroxylation is 1. The van der Waals surface area contributed by atoms with E-state index in [0.717, 1.165) is 17.9 Å². The fraction of sp³-hybridized carbons (Fsp3) is 0.385. The fourth-order valence-corrected chi connectivity index (χ4v) is 1.95. The number of halogens is 1. The Morgan fingerprint density at radius 1 is 1.33 bits per heavy atom. The summed E-state index contributed by atoms with van der Waals surface area (Å²) in [6, 6.07) is 6.26. The minimum atomic E-state index is -0.590. The maximum atomic E-state index is 12.9. The molecule has 1 aromatic heterocycles. The van der Waals surface area contributed by atoms with Crippen LogP contribution in [0.4, 0.5) is 4.39 Å². The first-order valence-electron chi connectivity index (χ1n) is 5.94. The Morgan fingerprint density at radius 2 is 2.00 bits per heavy atom. The Morgan fingerprint density at radius 3 is 2.61 bits per heavy atom. The summed E-state index contributed by atoms with van der Waals surface area (Å²) >= 11 is 0. The molecule has 0 spiro atoms. The molecule has 0 radical (unpaired) electrons. The van der Waals surface area contributed by atoms with Crippen molar-refractivity contribution in [1.82, 2.24) is 14.8 Å². The Balaban J connectivity index is 2.23. The van der Waals surface area contributed by atoms with Crippen LogP contribution in [0.2, 0.25) is 0 Å². The molecule has 1 aromatic carbocycles. The maximum absolute atomic E-state index is 12.9. The van der Waals surface area contributed by atoms with Gasteiger partial charge in [0.2, 0.25) is 0 Å². The molecule has 4 nitrogen and oxygen atoms in total. The lowest BCUT2D eigenvalue weighted by molar-refractivity contribution is 0.456. The highest BCUT2D eigenvalue weighted by Gasteiger charge is 2.24. The molecular formula is C13H17FN4. The van der Waals surface area contributed by atoms with E-state index >= 15 is 0 Å². The highest BCUT2D eigenvalue weighted by Crippen LogP contribution is 2.22. The van der Waals surface area contributed by atoms with Gasteiger partial charge in [-0.05, 0) is 31.5 Å². The van der Waals surface area contributed by atoms with Crippen LogP contribution in [0.1, 0.15) is 25.2 Å². The molecule has 0 saturated heterocycles. The number of hydrogen-bond acceptors (Lipinski definition) is 3. The van der Waals surface area contributed by atoms with Gasteiger partial charge >= 0.3 is 0 Å². The molecule has 0 fully saturated rings. The van der Waals surface area contributed by atoms with E-state index in [9.17, 15) is 4.39 Å². The van der Waals surface area contributed by atoms with Gasteiger partial charge in [0.1, 0.15) is 18.0 Å². The molecule has 1 unspecified atom stereocenters. The first-order valence-corrected chi connectivity index (χ1v) is 5.94. The van der Waals surface area contributed by atoms with E-state index in [1.54, 1.807) is 12.1 Å². The highest BCUT2D eigenvalue weighted by atomic mass is 19.1. The normalized spacial score (nSPS) is 14.4. The van der Waals surface area contributed by atoms with Crippen molar-refractivity contribution in [3.63, 3.8) is 0 Å². The largest absolute Gasteiger partial charge is 0.321 e. The molecule has 0 amide bonds. The Kier molecular flexibility index (Phi) is 3.43. The van der Waals surface area contributed by atoms with Crippen molar-refractivity contribution in [2.75, 3.05) is 0 Å². The summed E-state index contributed by atoms with van der Waals surface area (Å²) in [7, 11) is 0. The van der Waals surface area contributed by atoms with Gasteiger partial charge in [0.15, 0.2) is 0 Å². The van der Waals surface area contributed by atoms with Gasteiger partial charge in [-0.2, -0.15) is 5.10 Å². The Bertz CT molecular complexity index is 516. The minimum Gasteiger partial charge on any atom is -0.321 e. The monoisotopic (exact) mass is 248 g/mol. The van der Waals surface area contributed by atoms with Crippen molar-refractivity contribution in [2.24, 2.45) is 5.73 Å². The molecule has 0 bridgehead atoms. The lowest BCUT2D eigenvalue weighted by Crippen LogP contribution is -2.36. The van der Waals surface area contributed by atoms with Gasteiger partial charge < -0.3 is 5.73 Å². The highest BCUT2D eigenvalue weighted by molar-refractivity contribution is 5.25. The van der Waals surface area contributed by atoms with Gasteiger partial charge in [0.25, 0.3) is 0 Å². The number of benzene rings is 1. The average Bonchev–Trinajstić information content (AvgIpc) is 2.76. The number of aromatic nitrogens is 3. The van der Waals surface area contributed by atoms with Crippen LogP contribution >= 0.6 is 0 Å². The van der Waals surface area contributed by atoms with Crippen LogP contribution in [0.3, 0.4) is 0 Å². The van der Waals surface area contributed by atoms with E-state index in [0.29, 0.717) is 6.42 Å². The smallest absolute Gasteiger partial charge is 0.138 e. The summed E-state index contributed by atoms with van der Waals surface area (Å²) < 4.78 is 14.7. The van der Waals surface area contributed by atoms with Crippen LogP contribution in [-0.2, 0) is 18.5 Å². The summed E-state index contributed by atoms with van der Waals surface area (Å²) in [4.78, 5) is 4.21. The van der Waals surface area contributed by atoms with Gasteiger partial charge in [-0.15, -0.1) is 0 Å². The van der Waals surface area contributed by atoms with Gasteiger partial charge in [0, 0.05) is 18.5 Å². The summed E-state index contributed by atoms with van der Waals surface area (Å²) in [6.07, 6.45) is 2.09. The molecule has 2 N–H and O–H groups in total. The second-order valence-electron chi connectivity index (χ2n) is 4.59. The van der Waals surface area contributed by atoms with Crippen molar-refractivity contribution in [3.8, 4) is 0 Å². The molecule has 1 heterocycles. The third-order valence-corrected chi connectivity index (χ3v) is 3.02. The first kappa shape index (κ1) is 12.7. The predicted molar refractivity (Wildman–Crippen MR) is 67.3 cm³/mol. The zero-order valence-electron chi connectivity index (χ0n) is 10.6. The SMILES string of the molecule is CCn1ncnc1CC(C)(N)c1ccc(F)cc1. The third-order valence-electron chi connectivity index (χ3n) is 3.02. The van der Waals surface area contributed by atoms with Crippen molar-refractivity contribution < 1.29 is 4.39 Å². The average molecular weight is 248 g/mol. The Labute approximate surface area is 106 Å². The predicted octanol–water partition coefficient (Wildman–Crippen LogP) is 1.85. The quantitative estimate of drug-likeness (QED) is 0.898. The van der Waals surface area contributed by atoms with Crippen molar-refractivity contribution in [3.05, 3.63) is 47.8 Å². The van der Waals surface area contributed by atoms with E-state index in [1.165, 1.54) is 18.5 Å². The minimum absolute atomic E-state index is 0.258. The molecule has 0 aliphatic heterocycles. The molecule has 5 heteroatoms. The molecule has 0 aliphatic rings. The van der Waals surface area contributed by atoms with Crippen molar-refractivity contribution >= 4 is 0 Å². The van der Waals surface area contributed by atoms with Gasteiger partial charge in [-0.3, -0.25) is 4.68 Å². The summed E-state index contributed by atoms with van der Waals surface area (Å²) in [5.41, 5.74) is 6.59. The third kappa shape index (κ3) is 2.56.